The third kappa shape index (κ3) is 2.72. The number of rotatable bonds is 4. The number of hydrogen-bond acceptors (Lipinski definition) is 3. The molecule has 0 saturated heterocycles. The average Bonchev–Trinajstić information content (AvgIpc) is 2.98. The van der Waals surface area contributed by atoms with Gasteiger partial charge in [-0.1, -0.05) is 24.3 Å². The van der Waals surface area contributed by atoms with Crippen molar-refractivity contribution in [2.45, 2.75) is 12.5 Å². The second-order valence-corrected chi connectivity index (χ2v) is 6.84. The van der Waals surface area contributed by atoms with Gasteiger partial charge in [-0.05, 0) is 43.8 Å². The molecule has 2 aromatic heterocycles. The topological polar surface area (TPSA) is 35.2 Å². The Morgan fingerprint density at radius 3 is 2.88 bits per heavy atom. The summed E-state index contributed by atoms with van der Waals surface area (Å²) in [5.41, 5.74) is 5.32. The van der Waals surface area contributed by atoms with E-state index in [0.29, 0.717) is 0 Å². The number of nitrogens with one attached hydrogen (secondary N) is 1. The molecule has 0 radical (unpaired) electrons. The zero-order chi connectivity index (χ0) is 16.5. The molecular weight excluding hydrogens is 296 g/mol. The first kappa shape index (κ1) is 15.4. The van der Waals surface area contributed by atoms with Crippen molar-refractivity contribution < 1.29 is 0 Å². The molecule has 3 heterocycles. The molecule has 1 aliphatic rings. The van der Waals surface area contributed by atoms with E-state index in [4.69, 9.17) is 0 Å². The second-order valence-electron chi connectivity index (χ2n) is 6.84. The number of H-pyrrole nitrogens is 1. The first-order chi connectivity index (χ1) is 11.7. The average molecular weight is 320 g/mol. The van der Waals surface area contributed by atoms with Crippen LogP contribution in [-0.4, -0.2) is 53.5 Å². The van der Waals surface area contributed by atoms with Crippen molar-refractivity contribution in [2.75, 3.05) is 33.7 Å². The van der Waals surface area contributed by atoms with Crippen molar-refractivity contribution >= 4 is 10.9 Å². The van der Waals surface area contributed by atoms with E-state index < -0.39 is 0 Å². The summed E-state index contributed by atoms with van der Waals surface area (Å²) in [5.74, 6) is 0. The second kappa shape index (κ2) is 6.38. The molecule has 4 heteroatoms. The van der Waals surface area contributed by atoms with Crippen LogP contribution in [0.15, 0.2) is 48.8 Å². The minimum atomic E-state index is 0.259. The van der Waals surface area contributed by atoms with Crippen molar-refractivity contribution in [3.63, 3.8) is 0 Å². The van der Waals surface area contributed by atoms with Crippen LogP contribution >= 0.6 is 0 Å². The minimum absolute atomic E-state index is 0.259. The largest absolute Gasteiger partial charge is 0.357 e. The number of aromatic amines is 1. The van der Waals surface area contributed by atoms with Crippen molar-refractivity contribution in [1.29, 1.82) is 0 Å². The van der Waals surface area contributed by atoms with Crippen LogP contribution in [0.4, 0.5) is 0 Å². The van der Waals surface area contributed by atoms with Gasteiger partial charge in [0.15, 0.2) is 0 Å². The molecule has 0 spiro atoms. The third-order valence-corrected chi connectivity index (χ3v) is 4.97. The predicted molar refractivity (Wildman–Crippen MR) is 98.2 cm³/mol. The lowest BCUT2D eigenvalue weighted by Gasteiger charge is -2.36. The van der Waals surface area contributed by atoms with Gasteiger partial charge in [-0.3, -0.25) is 9.88 Å². The number of likely N-dealkylation sites (N-methyl/N-ethyl adjacent to an activating group) is 1. The smallest absolute Gasteiger partial charge is 0.0772 e. The van der Waals surface area contributed by atoms with Gasteiger partial charge in [-0.2, -0.15) is 0 Å². The molecule has 0 bridgehead atoms. The summed E-state index contributed by atoms with van der Waals surface area (Å²) in [4.78, 5) is 12.9. The molecule has 1 N–H and O–H groups in total. The van der Waals surface area contributed by atoms with Crippen molar-refractivity contribution in [1.82, 2.24) is 19.8 Å². The van der Waals surface area contributed by atoms with Crippen LogP contribution in [-0.2, 0) is 6.42 Å². The highest BCUT2D eigenvalue weighted by atomic mass is 15.2. The van der Waals surface area contributed by atoms with E-state index in [2.05, 4.69) is 64.2 Å². The standard InChI is InChI=1S/C20H24N4/c1-23(2)12-13-24-11-9-17-16-7-3-4-8-18(16)22-19(17)20(24)15-6-5-10-21-14-15/h3-8,10,14,20,22H,9,11-13H2,1-2H3. The van der Waals surface area contributed by atoms with Crippen molar-refractivity contribution in [2.24, 2.45) is 0 Å². The lowest BCUT2D eigenvalue weighted by Crippen LogP contribution is -2.40. The zero-order valence-electron chi connectivity index (χ0n) is 14.4. The maximum absolute atomic E-state index is 4.37. The van der Waals surface area contributed by atoms with Crippen LogP contribution in [0, 0.1) is 0 Å². The van der Waals surface area contributed by atoms with Crippen LogP contribution in [0.2, 0.25) is 0 Å². The Morgan fingerprint density at radius 1 is 1.21 bits per heavy atom. The number of hydrogen-bond donors (Lipinski definition) is 1. The van der Waals surface area contributed by atoms with Gasteiger partial charge in [0.2, 0.25) is 0 Å². The molecule has 0 fully saturated rings. The van der Waals surface area contributed by atoms with Gasteiger partial charge in [0, 0.05) is 48.6 Å². The fraction of sp³-hybridized carbons (Fsp3) is 0.350. The monoisotopic (exact) mass is 320 g/mol. The Kier molecular flexibility index (Phi) is 4.08. The molecular formula is C20H24N4. The Hall–Kier alpha value is -2.17. The molecule has 3 aromatic rings. The van der Waals surface area contributed by atoms with Crippen LogP contribution in [0.5, 0.6) is 0 Å². The number of para-hydroxylation sites is 1. The normalized spacial score (nSPS) is 18.2. The molecule has 0 amide bonds. The summed E-state index contributed by atoms with van der Waals surface area (Å²) < 4.78 is 0. The molecule has 0 saturated carbocycles. The van der Waals surface area contributed by atoms with Crippen molar-refractivity contribution in [3.05, 3.63) is 65.6 Å². The fourth-order valence-corrected chi connectivity index (χ4v) is 3.78. The molecule has 4 nitrogen and oxygen atoms in total. The fourth-order valence-electron chi connectivity index (χ4n) is 3.78. The van der Waals surface area contributed by atoms with Gasteiger partial charge >= 0.3 is 0 Å². The van der Waals surface area contributed by atoms with Crippen molar-refractivity contribution in [3.8, 4) is 0 Å². The van der Waals surface area contributed by atoms with Crippen LogP contribution in [0.1, 0.15) is 22.9 Å². The first-order valence-corrected chi connectivity index (χ1v) is 8.62. The van der Waals surface area contributed by atoms with Gasteiger partial charge < -0.3 is 9.88 Å². The summed E-state index contributed by atoms with van der Waals surface area (Å²) in [7, 11) is 4.27. The molecule has 24 heavy (non-hydrogen) atoms. The van der Waals surface area contributed by atoms with Crippen LogP contribution in [0.25, 0.3) is 10.9 Å². The van der Waals surface area contributed by atoms with E-state index in [1.54, 1.807) is 0 Å². The molecule has 0 aliphatic carbocycles. The van der Waals surface area contributed by atoms with E-state index in [9.17, 15) is 0 Å². The summed E-state index contributed by atoms with van der Waals surface area (Å²) in [6.45, 7) is 3.20. The molecule has 1 aromatic carbocycles. The van der Waals surface area contributed by atoms with E-state index in [1.165, 1.54) is 27.7 Å². The first-order valence-electron chi connectivity index (χ1n) is 8.62. The molecule has 4 rings (SSSR count). The summed E-state index contributed by atoms with van der Waals surface area (Å²) in [6, 6.07) is 13.1. The summed E-state index contributed by atoms with van der Waals surface area (Å²) >= 11 is 0. The van der Waals surface area contributed by atoms with Gasteiger partial charge in [0.25, 0.3) is 0 Å². The number of fused-ring (bicyclic) bond motifs is 3. The lowest BCUT2D eigenvalue weighted by molar-refractivity contribution is 0.190. The zero-order valence-corrected chi connectivity index (χ0v) is 14.4. The van der Waals surface area contributed by atoms with Gasteiger partial charge in [-0.15, -0.1) is 0 Å². The number of pyridine rings is 1. The maximum atomic E-state index is 4.37. The summed E-state index contributed by atoms with van der Waals surface area (Å²) in [6.07, 6.45) is 4.96. The Bertz CT molecular complexity index is 822. The Balaban J connectivity index is 1.80. The van der Waals surface area contributed by atoms with Gasteiger partial charge in [0.1, 0.15) is 0 Å². The van der Waals surface area contributed by atoms with E-state index >= 15 is 0 Å². The molecule has 1 unspecified atom stereocenters. The minimum Gasteiger partial charge on any atom is -0.357 e. The van der Waals surface area contributed by atoms with Gasteiger partial charge in [-0.25, -0.2) is 0 Å². The highest BCUT2D eigenvalue weighted by Gasteiger charge is 2.31. The Morgan fingerprint density at radius 2 is 2.08 bits per heavy atom. The third-order valence-electron chi connectivity index (χ3n) is 4.97. The van der Waals surface area contributed by atoms with E-state index in [0.717, 1.165) is 26.1 Å². The van der Waals surface area contributed by atoms with E-state index in [1.807, 2.05) is 18.5 Å². The Labute approximate surface area is 143 Å². The number of benzene rings is 1. The van der Waals surface area contributed by atoms with Gasteiger partial charge in [0.05, 0.1) is 6.04 Å². The maximum Gasteiger partial charge on any atom is 0.0772 e. The SMILES string of the molecule is CN(C)CCN1CCc2c([nH]c3ccccc23)C1c1cccnc1. The quantitative estimate of drug-likeness (QED) is 0.802. The van der Waals surface area contributed by atoms with E-state index in [-0.39, 0.29) is 6.04 Å². The van der Waals surface area contributed by atoms with Crippen LogP contribution < -0.4 is 0 Å². The number of aromatic nitrogens is 2. The lowest BCUT2D eigenvalue weighted by atomic mass is 9.93. The molecule has 1 atom stereocenters. The van der Waals surface area contributed by atoms with Crippen LogP contribution in [0.3, 0.4) is 0 Å². The summed E-state index contributed by atoms with van der Waals surface area (Å²) in [5, 5.41) is 1.37. The highest BCUT2D eigenvalue weighted by molar-refractivity contribution is 5.85. The number of nitrogens with zero attached hydrogens (tertiary/aromatic N) is 3. The molecule has 124 valence electrons. The molecule has 1 aliphatic heterocycles. The highest BCUT2D eigenvalue weighted by Crippen LogP contribution is 2.37. The predicted octanol–water partition coefficient (Wildman–Crippen LogP) is 3.07.